The lowest BCUT2D eigenvalue weighted by molar-refractivity contribution is -0.201. The zero-order valence-corrected chi connectivity index (χ0v) is 20.9. The maximum atomic E-state index is 13.3. The summed E-state index contributed by atoms with van der Waals surface area (Å²) in [4.78, 5) is 25.7. The molecule has 2 aliphatic heterocycles. The summed E-state index contributed by atoms with van der Waals surface area (Å²) in [6.07, 6.45) is 5.89. The Kier molecular flexibility index (Phi) is 4.75. The first-order valence-corrected chi connectivity index (χ1v) is 13.1. The first kappa shape index (κ1) is 22.9. The SMILES string of the molecule is CC1=C(C)C(=O)O[C@@H]([C@@H](C)[C@H]2CC[C@H]3[C@@H]4[C@@H]5O[C@@H]5[C@@]5(O)CC=CC(=O)[C@]5(C)[C@H]4C[C@H](O)[C@]23C)C1. The number of cyclic esters (lactones) is 1. The van der Waals surface area contributed by atoms with Crippen LogP contribution in [0.15, 0.2) is 23.3 Å². The van der Waals surface area contributed by atoms with E-state index in [0.717, 1.165) is 24.8 Å². The van der Waals surface area contributed by atoms with E-state index in [-0.39, 0.29) is 65.1 Å². The molecule has 34 heavy (non-hydrogen) atoms. The number of carbonyl (C=O) groups excluding carboxylic acids is 2. The number of carbonyl (C=O) groups is 2. The molecule has 186 valence electrons. The summed E-state index contributed by atoms with van der Waals surface area (Å²) in [5, 5.41) is 23.5. The van der Waals surface area contributed by atoms with E-state index < -0.39 is 17.1 Å². The van der Waals surface area contributed by atoms with Crippen LogP contribution in [0.1, 0.15) is 66.7 Å². The van der Waals surface area contributed by atoms with Crippen LogP contribution >= 0.6 is 0 Å². The summed E-state index contributed by atoms with van der Waals surface area (Å²) in [6, 6.07) is 0. The molecule has 0 bridgehead atoms. The number of epoxide rings is 1. The predicted octanol–water partition coefficient (Wildman–Crippen LogP) is 3.35. The van der Waals surface area contributed by atoms with Crippen molar-refractivity contribution in [3.05, 3.63) is 23.3 Å². The lowest BCUT2D eigenvalue weighted by atomic mass is 9.43. The Bertz CT molecular complexity index is 1010. The van der Waals surface area contributed by atoms with Crippen molar-refractivity contribution >= 4 is 11.8 Å². The Hall–Kier alpha value is -1.50. The molecule has 2 heterocycles. The molecule has 6 nitrogen and oxygen atoms in total. The molecule has 4 aliphatic carbocycles. The molecular formula is C28H38O6. The normalized spacial score (nSPS) is 54.6. The van der Waals surface area contributed by atoms with Crippen LogP contribution in [-0.2, 0) is 19.1 Å². The number of hydrogen-bond donors (Lipinski definition) is 2. The fraction of sp³-hybridized carbons (Fsp3) is 0.786. The van der Waals surface area contributed by atoms with E-state index in [9.17, 15) is 19.8 Å². The summed E-state index contributed by atoms with van der Waals surface area (Å²) in [5.41, 5.74) is -0.664. The third kappa shape index (κ3) is 2.58. The van der Waals surface area contributed by atoms with Crippen molar-refractivity contribution < 1.29 is 29.3 Å². The highest BCUT2D eigenvalue weighted by atomic mass is 16.6. The first-order chi connectivity index (χ1) is 16.0. The smallest absolute Gasteiger partial charge is 0.333 e. The van der Waals surface area contributed by atoms with Crippen molar-refractivity contribution in [1.82, 2.24) is 0 Å². The lowest BCUT2D eigenvalue weighted by Crippen LogP contribution is -2.69. The zero-order valence-electron chi connectivity index (χ0n) is 20.9. The second-order valence-electron chi connectivity index (χ2n) is 12.6. The maximum Gasteiger partial charge on any atom is 0.333 e. The van der Waals surface area contributed by atoms with Crippen LogP contribution in [0, 0.1) is 40.4 Å². The summed E-state index contributed by atoms with van der Waals surface area (Å²) >= 11 is 0. The van der Waals surface area contributed by atoms with Crippen molar-refractivity contribution in [2.75, 3.05) is 0 Å². The van der Waals surface area contributed by atoms with Crippen LogP contribution in [0.25, 0.3) is 0 Å². The number of ketones is 1. The molecular weight excluding hydrogens is 432 g/mol. The van der Waals surface area contributed by atoms with Crippen LogP contribution in [0.4, 0.5) is 0 Å². The molecule has 6 rings (SSSR count). The van der Waals surface area contributed by atoms with Gasteiger partial charge in [0.1, 0.15) is 17.8 Å². The van der Waals surface area contributed by atoms with Gasteiger partial charge in [-0.25, -0.2) is 4.79 Å². The molecule has 2 N–H and O–H groups in total. The molecule has 0 amide bonds. The van der Waals surface area contributed by atoms with E-state index >= 15 is 0 Å². The average molecular weight is 471 g/mol. The Labute approximate surface area is 201 Å². The van der Waals surface area contributed by atoms with E-state index in [1.807, 2.05) is 20.8 Å². The molecule has 0 spiro atoms. The molecule has 12 atom stereocenters. The van der Waals surface area contributed by atoms with Gasteiger partial charge >= 0.3 is 5.97 Å². The van der Waals surface area contributed by atoms with E-state index in [1.54, 1.807) is 12.2 Å². The van der Waals surface area contributed by atoms with Gasteiger partial charge < -0.3 is 19.7 Å². The van der Waals surface area contributed by atoms with Gasteiger partial charge in [-0.3, -0.25) is 4.79 Å². The van der Waals surface area contributed by atoms with Crippen LogP contribution in [-0.4, -0.2) is 52.0 Å². The van der Waals surface area contributed by atoms with Crippen molar-refractivity contribution in [2.45, 2.75) is 96.7 Å². The summed E-state index contributed by atoms with van der Waals surface area (Å²) in [7, 11) is 0. The van der Waals surface area contributed by atoms with E-state index in [0.29, 0.717) is 18.4 Å². The molecule has 0 aromatic heterocycles. The lowest BCUT2D eigenvalue weighted by Gasteiger charge is -2.61. The Morgan fingerprint density at radius 3 is 2.59 bits per heavy atom. The van der Waals surface area contributed by atoms with Crippen LogP contribution < -0.4 is 0 Å². The molecule has 4 fully saturated rings. The Balaban J connectivity index is 1.34. The first-order valence-electron chi connectivity index (χ1n) is 13.1. The van der Waals surface area contributed by atoms with Gasteiger partial charge in [0.2, 0.25) is 0 Å². The zero-order chi connectivity index (χ0) is 24.4. The molecule has 6 aliphatic rings. The van der Waals surface area contributed by atoms with Gasteiger partial charge in [-0.2, -0.15) is 0 Å². The molecule has 0 aromatic rings. The highest BCUT2D eigenvalue weighted by molar-refractivity contribution is 5.97. The van der Waals surface area contributed by atoms with E-state index in [1.165, 1.54) is 0 Å². The monoisotopic (exact) mass is 470 g/mol. The minimum absolute atomic E-state index is 0.0318. The number of aliphatic hydroxyl groups is 2. The molecule has 6 heteroatoms. The van der Waals surface area contributed by atoms with Crippen LogP contribution in [0.3, 0.4) is 0 Å². The Morgan fingerprint density at radius 2 is 1.88 bits per heavy atom. The van der Waals surface area contributed by atoms with Crippen molar-refractivity contribution in [2.24, 2.45) is 40.4 Å². The number of ether oxygens (including phenoxy) is 2. The number of allylic oxidation sites excluding steroid dienone is 1. The van der Waals surface area contributed by atoms with Gasteiger partial charge in [0.25, 0.3) is 0 Å². The number of fused-ring (bicyclic) bond motifs is 8. The molecule has 0 radical (unpaired) electrons. The molecule has 1 saturated heterocycles. The Morgan fingerprint density at radius 1 is 1.15 bits per heavy atom. The summed E-state index contributed by atoms with van der Waals surface area (Å²) in [5.74, 6) is 0.333. The highest BCUT2D eigenvalue weighted by Gasteiger charge is 2.78. The van der Waals surface area contributed by atoms with Gasteiger partial charge in [-0.1, -0.05) is 25.5 Å². The van der Waals surface area contributed by atoms with Crippen LogP contribution in [0.2, 0.25) is 0 Å². The fourth-order valence-electron chi connectivity index (χ4n) is 9.31. The molecule has 0 unspecified atom stereocenters. The van der Waals surface area contributed by atoms with E-state index in [2.05, 4.69) is 13.8 Å². The second kappa shape index (κ2) is 7.04. The van der Waals surface area contributed by atoms with Crippen molar-refractivity contribution in [3.8, 4) is 0 Å². The summed E-state index contributed by atoms with van der Waals surface area (Å²) in [6.45, 7) is 10.1. The topological polar surface area (TPSA) is 96.4 Å². The van der Waals surface area contributed by atoms with Crippen molar-refractivity contribution in [3.63, 3.8) is 0 Å². The number of aliphatic hydroxyl groups excluding tert-OH is 1. The number of esters is 1. The van der Waals surface area contributed by atoms with Gasteiger partial charge in [0.05, 0.1) is 17.6 Å². The van der Waals surface area contributed by atoms with Gasteiger partial charge in [-0.15, -0.1) is 0 Å². The minimum atomic E-state index is -1.19. The van der Waals surface area contributed by atoms with Gasteiger partial charge in [0, 0.05) is 12.0 Å². The number of rotatable bonds is 2. The number of hydrogen-bond acceptors (Lipinski definition) is 6. The quantitative estimate of drug-likeness (QED) is 0.475. The minimum Gasteiger partial charge on any atom is -0.458 e. The largest absolute Gasteiger partial charge is 0.458 e. The van der Waals surface area contributed by atoms with Gasteiger partial charge in [0.15, 0.2) is 5.78 Å². The third-order valence-corrected chi connectivity index (χ3v) is 11.7. The van der Waals surface area contributed by atoms with Crippen molar-refractivity contribution in [1.29, 1.82) is 0 Å². The van der Waals surface area contributed by atoms with Gasteiger partial charge in [-0.05, 0) is 87.5 Å². The second-order valence-corrected chi connectivity index (χ2v) is 12.6. The fourth-order valence-corrected chi connectivity index (χ4v) is 9.31. The molecule has 0 aromatic carbocycles. The highest BCUT2D eigenvalue weighted by Crippen LogP contribution is 2.71. The summed E-state index contributed by atoms with van der Waals surface area (Å²) < 4.78 is 12.0. The molecule has 3 saturated carbocycles. The average Bonchev–Trinajstić information content (AvgIpc) is 3.51. The van der Waals surface area contributed by atoms with Crippen LogP contribution in [0.5, 0.6) is 0 Å². The van der Waals surface area contributed by atoms with E-state index in [4.69, 9.17) is 9.47 Å². The third-order valence-electron chi connectivity index (χ3n) is 11.7. The standard InChI is InChI=1S/C28H38O6/c1-13-11-19(33-25(31)14(13)2)15(3)16-8-9-17-22-18(12-21(30)26(16,17)4)27(5)20(29)7-6-10-28(27,32)24-23(22)34-24/h6-7,15-19,21-24,30,32H,8-12H2,1-5H3/t15-,16+,17-,18-,19+,21-,22-,23-,24-,26+,27-,28-/m0/s1. The maximum absolute atomic E-state index is 13.3. The predicted molar refractivity (Wildman–Crippen MR) is 124 cm³/mol.